The van der Waals surface area contributed by atoms with Crippen LogP contribution in [0.1, 0.15) is 0 Å². The molecule has 0 bridgehead atoms. The molecule has 0 radical (unpaired) electrons. The van der Waals surface area contributed by atoms with Gasteiger partial charge in [0.15, 0.2) is 13.9 Å². The van der Waals surface area contributed by atoms with E-state index in [4.69, 9.17) is 29.9 Å². The largest absolute Gasteiger partial charge is 0.262 e. The summed E-state index contributed by atoms with van der Waals surface area (Å²) in [5, 5.41) is 9.09. The second-order valence-corrected chi connectivity index (χ2v) is 17.8. The molecule has 8 nitrogen and oxygen atoms in total. The van der Waals surface area contributed by atoms with E-state index in [1.165, 1.54) is 20.7 Å². The fourth-order valence-corrected chi connectivity index (χ4v) is 13.3. The number of benzene rings is 5. The number of hydrogen-bond donors (Lipinski definition) is 0. The van der Waals surface area contributed by atoms with Crippen LogP contribution in [0.25, 0.3) is 67.3 Å². The molecule has 5 aromatic carbocycles. The molecule has 0 spiro atoms. The van der Waals surface area contributed by atoms with Crippen molar-refractivity contribution in [1.82, 2.24) is 39.0 Å². The molecule has 0 saturated carbocycles. The Morgan fingerprint density at radius 2 is 0.789 bits per heavy atom. The molecule has 11 aromatic rings. The Kier molecular flexibility index (Phi) is 7.64. The summed E-state index contributed by atoms with van der Waals surface area (Å²) >= 11 is 0. The molecule has 11 rings (SSSR count). The van der Waals surface area contributed by atoms with E-state index in [1.54, 1.807) is 12.4 Å². The third-order valence-electron chi connectivity index (χ3n) is 10.9. The Morgan fingerprint density at radius 1 is 0.351 bits per heavy atom. The molecule has 0 aliphatic rings. The van der Waals surface area contributed by atoms with Crippen LogP contribution < -0.4 is 20.7 Å². The van der Waals surface area contributed by atoms with Crippen LogP contribution in [0.5, 0.6) is 0 Å². The van der Waals surface area contributed by atoms with Crippen LogP contribution in [0, 0.1) is 0 Å². The van der Waals surface area contributed by atoms with Gasteiger partial charge < -0.3 is 0 Å². The lowest BCUT2D eigenvalue weighted by Crippen LogP contribution is -2.74. The van der Waals surface area contributed by atoms with Gasteiger partial charge in [-0.2, -0.15) is 15.0 Å². The smallest absolute Gasteiger partial charge is 0.242 e. The van der Waals surface area contributed by atoms with Gasteiger partial charge >= 0.3 is 0 Å². The minimum atomic E-state index is -2.85. The Balaban J connectivity index is 1.22. The summed E-state index contributed by atoms with van der Waals surface area (Å²) < 4.78 is 3.98. The van der Waals surface area contributed by atoms with Gasteiger partial charge in [0.05, 0.1) is 5.52 Å². The van der Waals surface area contributed by atoms with Gasteiger partial charge in [0, 0.05) is 45.7 Å². The number of hydrogen-bond acceptors (Lipinski definition) is 6. The van der Waals surface area contributed by atoms with E-state index in [1.807, 2.05) is 45.7 Å². The first-order valence-corrected chi connectivity index (χ1v) is 20.9. The van der Waals surface area contributed by atoms with Gasteiger partial charge in [0.2, 0.25) is 11.9 Å². The predicted molar refractivity (Wildman–Crippen MR) is 231 cm³/mol. The van der Waals surface area contributed by atoms with Crippen LogP contribution in [-0.4, -0.2) is 47.1 Å². The van der Waals surface area contributed by atoms with Crippen LogP contribution >= 0.6 is 0 Å². The lowest BCUT2D eigenvalue weighted by molar-refractivity contribution is 0.879. The van der Waals surface area contributed by atoms with Crippen molar-refractivity contribution < 1.29 is 0 Å². The average Bonchev–Trinajstić information content (AvgIpc) is 3.81. The van der Waals surface area contributed by atoms with Gasteiger partial charge in [-0.05, 0) is 63.2 Å². The molecule has 0 aliphatic carbocycles. The first-order chi connectivity index (χ1) is 28.3. The third kappa shape index (κ3) is 5.13. The quantitative estimate of drug-likeness (QED) is 0.126. The molecular formula is C48H32N8Si. The minimum absolute atomic E-state index is 0.414. The molecular weight excluding hydrogens is 717 g/mol. The van der Waals surface area contributed by atoms with Crippen LogP contribution in [0.3, 0.4) is 0 Å². The van der Waals surface area contributed by atoms with Crippen molar-refractivity contribution in [1.29, 1.82) is 0 Å². The van der Waals surface area contributed by atoms with Gasteiger partial charge in [-0.25, -0.2) is 19.5 Å². The van der Waals surface area contributed by atoms with Gasteiger partial charge in [-0.1, -0.05) is 133 Å². The Labute approximate surface area is 328 Å². The SMILES string of the molecule is c1ccc([Si](c2ccccc2)(c2ccccc2)c2cccc(-c3nc(-n4c5ccccc5c5cccnc54)nc(-n4c5ncccc5c5cccnc54)n3)c2)cc1. The molecule has 0 fully saturated rings. The second-order valence-electron chi connectivity index (χ2n) is 14.0. The zero-order valence-electron chi connectivity index (χ0n) is 30.6. The highest BCUT2D eigenvalue weighted by Gasteiger charge is 2.41. The summed E-state index contributed by atoms with van der Waals surface area (Å²) in [4.78, 5) is 30.4. The molecule has 0 atom stereocenters. The van der Waals surface area contributed by atoms with Crippen molar-refractivity contribution in [3.63, 3.8) is 0 Å². The van der Waals surface area contributed by atoms with Crippen molar-refractivity contribution in [3.05, 3.63) is 195 Å². The van der Waals surface area contributed by atoms with Gasteiger partial charge in [-0.3, -0.25) is 4.57 Å². The van der Waals surface area contributed by atoms with Crippen LogP contribution in [-0.2, 0) is 0 Å². The highest BCUT2D eigenvalue weighted by atomic mass is 28.3. The molecule has 57 heavy (non-hydrogen) atoms. The van der Waals surface area contributed by atoms with E-state index in [9.17, 15) is 0 Å². The summed E-state index contributed by atoms with van der Waals surface area (Å²) in [6.07, 6.45) is 5.40. The minimum Gasteiger partial charge on any atom is -0.262 e. The molecule has 0 saturated heterocycles. The fourth-order valence-electron chi connectivity index (χ4n) is 8.50. The number of aromatic nitrogens is 8. The summed E-state index contributed by atoms with van der Waals surface area (Å²) in [6.45, 7) is 0. The molecule has 9 heteroatoms. The molecule has 6 heterocycles. The number of pyridine rings is 3. The van der Waals surface area contributed by atoms with Crippen LogP contribution in [0.4, 0.5) is 0 Å². The van der Waals surface area contributed by atoms with Gasteiger partial charge in [-0.15, -0.1) is 0 Å². The Hall–Kier alpha value is -7.62. The first kappa shape index (κ1) is 32.8. The molecule has 0 amide bonds. The van der Waals surface area contributed by atoms with Crippen molar-refractivity contribution in [3.8, 4) is 23.3 Å². The standard InChI is InChI=1S/C48H32N8Si/c1-4-17-34(18-5-1)57(35-19-6-2-7-20-35,36-21-8-3-9-22-36)37-23-12-16-33(32-37)43-52-47(55-42-28-11-10-24-38(42)39-25-13-29-49-44(39)55)54-48(53-43)56-45-40(26-14-30-50-45)41-27-15-31-51-46(41)56/h1-32H. The molecule has 268 valence electrons. The number of rotatable bonds is 7. The second kappa shape index (κ2) is 13.3. The van der Waals surface area contributed by atoms with Gasteiger partial charge in [0.25, 0.3) is 0 Å². The van der Waals surface area contributed by atoms with Crippen molar-refractivity contribution >= 4 is 72.8 Å². The normalized spacial score (nSPS) is 11.9. The zero-order valence-corrected chi connectivity index (χ0v) is 31.6. The summed E-state index contributed by atoms with van der Waals surface area (Å²) in [5.41, 5.74) is 4.01. The van der Waals surface area contributed by atoms with Crippen LogP contribution in [0.2, 0.25) is 0 Å². The van der Waals surface area contributed by atoms with Crippen molar-refractivity contribution in [2.75, 3.05) is 0 Å². The summed E-state index contributed by atoms with van der Waals surface area (Å²) in [5.74, 6) is 1.39. The molecule has 6 aromatic heterocycles. The topological polar surface area (TPSA) is 87.2 Å². The third-order valence-corrected chi connectivity index (χ3v) is 15.7. The zero-order chi connectivity index (χ0) is 37.8. The van der Waals surface area contributed by atoms with E-state index in [0.29, 0.717) is 29.0 Å². The maximum Gasteiger partial charge on any atom is 0.242 e. The summed E-state index contributed by atoms with van der Waals surface area (Å²) in [6, 6.07) is 61.9. The number of nitrogens with zero attached hydrogens (tertiary/aromatic N) is 8. The van der Waals surface area contributed by atoms with Gasteiger partial charge in [0.1, 0.15) is 16.9 Å². The maximum atomic E-state index is 5.32. The summed E-state index contributed by atoms with van der Waals surface area (Å²) in [7, 11) is -2.85. The van der Waals surface area contributed by atoms with E-state index in [-0.39, 0.29) is 0 Å². The van der Waals surface area contributed by atoms with Crippen molar-refractivity contribution in [2.24, 2.45) is 0 Å². The Bertz CT molecular complexity index is 2920. The highest BCUT2D eigenvalue weighted by Crippen LogP contribution is 2.32. The highest BCUT2D eigenvalue weighted by molar-refractivity contribution is 7.19. The van der Waals surface area contributed by atoms with E-state index in [2.05, 4.69) is 146 Å². The number of para-hydroxylation sites is 1. The lowest BCUT2D eigenvalue weighted by atomic mass is 10.2. The van der Waals surface area contributed by atoms with E-state index < -0.39 is 8.07 Å². The monoisotopic (exact) mass is 748 g/mol. The Morgan fingerprint density at radius 3 is 1.35 bits per heavy atom. The molecule has 0 unspecified atom stereocenters. The molecule has 0 N–H and O–H groups in total. The van der Waals surface area contributed by atoms with E-state index >= 15 is 0 Å². The van der Waals surface area contributed by atoms with E-state index in [0.717, 1.165) is 38.3 Å². The van der Waals surface area contributed by atoms with Crippen molar-refractivity contribution in [2.45, 2.75) is 0 Å². The van der Waals surface area contributed by atoms with Crippen LogP contribution in [0.15, 0.2) is 195 Å². The fraction of sp³-hybridized carbons (Fsp3) is 0. The predicted octanol–water partition coefficient (Wildman–Crippen LogP) is 7.30. The first-order valence-electron chi connectivity index (χ1n) is 18.9. The molecule has 0 aliphatic heterocycles. The number of fused-ring (bicyclic) bond motifs is 6. The maximum absolute atomic E-state index is 5.32. The lowest BCUT2D eigenvalue weighted by Gasteiger charge is -2.34. The average molecular weight is 749 g/mol.